The van der Waals surface area contributed by atoms with Crippen molar-refractivity contribution < 1.29 is 14.3 Å². The van der Waals surface area contributed by atoms with Gasteiger partial charge in [0.15, 0.2) is 5.82 Å². The monoisotopic (exact) mass is 681 g/mol. The van der Waals surface area contributed by atoms with Crippen molar-refractivity contribution in [2.45, 2.75) is 96.6 Å². The fraction of sp³-hybridized carbons (Fsp3) is 0.450. The minimum atomic E-state index is -0.717. The normalized spacial score (nSPS) is 16.4. The summed E-state index contributed by atoms with van der Waals surface area (Å²) in [6, 6.07) is 19.2. The number of amides is 2. The maximum Gasteiger partial charge on any atom is 0.262 e. The van der Waals surface area contributed by atoms with E-state index in [9.17, 15) is 9.59 Å². The van der Waals surface area contributed by atoms with Gasteiger partial charge >= 0.3 is 0 Å². The van der Waals surface area contributed by atoms with Gasteiger partial charge in [-0.3, -0.25) is 9.59 Å². The molecule has 1 atom stereocenters. The van der Waals surface area contributed by atoms with E-state index in [0.29, 0.717) is 29.6 Å². The number of unbranched alkanes of at least 4 members (excludes halogenated alkanes) is 4. The summed E-state index contributed by atoms with van der Waals surface area (Å²) in [5, 5.41) is 6.06. The molecule has 0 aliphatic heterocycles. The first kappa shape index (κ1) is 36.2. The number of nitrogens with zero attached hydrogens (tertiary/aromatic N) is 2. The van der Waals surface area contributed by atoms with Gasteiger partial charge in [0, 0.05) is 47.4 Å². The number of nitrogens with two attached hydrogens (primary N) is 1. The van der Waals surface area contributed by atoms with E-state index < -0.39 is 6.04 Å². The summed E-state index contributed by atoms with van der Waals surface area (Å²) in [6.45, 7) is 9.90. The first-order chi connectivity index (χ1) is 23.6. The minimum Gasteiger partial charge on any atom is -0.494 e. The van der Waals surface area contributed by atoms with Crippen LogP contribution in [-0.4, -0.2) is 47.0 Å². The van der Waals surface area contributed by atoms with Gasteiger partial charge < -0.3 is 21.1 Å². The lowest BCUT2D eigenvalue weighted by Gasteiger charge is -2.32. The fourth-order valence-electron chi connectivity index (χ4n) is 5.91. The Kier molecular flexibility index (Phi) is 12.6. The van der Waals surface area contributed by atoms with Crippen LogP contribution >= 0.6 is 11.3 Å². The number of hydrogen-bond donors (Lipinski definition) is 3. The molecule has 0 spiro atoms. The van der Waals surface area contributed by atoms with Crippen LogP contribution in [0.25, 0.3) is 22.5 Å². The van der Waals surface area contributed by atoms with Gasteiger partial charge in [-0.05, 0) is 66.0 Å². The summed E-state index contributed by atoms with van der Waals surface area (Å²) in [5.41, 5.74) is 9.65. The van der Waals surface area contributed by atoms with Gasteiger partial charge in [0.2, 0.25) is 5.91 Å². The van der Waals surface area contributed by atoms with Crippen LogP contribution < -0.4 is 21.1 Å². The predicted octanol–water partition coefficient (Wildman–Crippen LogP) is 7.71. The van der Waals surface area contributed by atoms with Crippen LogP contribution in [0.4, 0.5) is 0 Å². The Hall–Kier alpha value is -4.08. The molecule has 1 aliphatic rings. The molecule has 0 saturated heterocycles. The molecule has 2 aromatic carbocycles. The SMILES string of the molecule is CCCCCCCOc1ccc(-c2cnc(-c3ccc(C[C@H](NC(=O)c4ccc(C(C)(C)C)s4)C(=O)NCC4CC(N)C4)cc3)nc2)cc1. The van der Waals surface area contributed by atoms with Crippen LogP contribution in [0.1, 0.15) is 92.8 Å². The van der Waals surface area contributed by atoms with E-state index in [4.69, 9.17) is 10.5 Å². The van der Waals surface area contributed by atoms with Gasteiger partial charge in [0.05, 0.1) is 11.5 Å². The number of carbonyl (C=O) groups is 2. The molecule has 9 heteroatoms. The van der Waals surface area contributed by atoms with E-state index in [0.717, 1.165) is 58.7 Å². The molecule has 1 saturated carbocycles. The highest BCUT2D eigenvalue weighted by Gasteiger charge is 2.29. The quantitative estimate of drug-likeness (QED) is 0.104. The van der Waals surface area contributed by atoms with Crippen molar-refractivity contribution in [3.05, 3.63) is 88.4 Å². The highest BCUT2D eigenvalue weighted by Crippen LogP contribution is 2.30. The van der Waals surface area contributed by atoms with Crippen LogP contribution in [0, 0.1) is 5.92 Å². The molecule has 5 rings (SSSR count). The molecule has 8 nitrogen and oxygen atoms in total. The van der Waals surface area contributed by atoms with Crippen molar-refractivity contribution in [3.63, 3.8) is 0 Å². The van der Waals surface area contributed by atoms with E-state index in [1.807, 2.05) is 73.1 Å². The van der Waals surface area contributed by atoms with E-state index >= 15 is 0 Å². The van der Waals surface area contributed by atoms with Gasteiger partial charge in [-0.2, -0.15) is 0 Å². The molecule has 2 amide bonds. The maximum absolute atomic E-state index is 13.4. The number of rotatable bonds is 16. The molecule has 0 radical (unpaired) electrons. The molecule has 2 aromatic heterocycles. The molecule has 2 heterocycles. The molecule has 49 heavy (non-hydrogen) atoms. The third kappa shape index (κ3) is 10.5. The molecule has 4 aromatic rings. The van der Waals surface area contributed by atoms with Gasteiger partial charge in [-0.15, -0.1) is 11.3 Å². The Bertz CT molecular complexity index is 1640. The van der Waals surface area contributed by atoms with E-state index in [-0.39, 0.29) is 23.3 Å². The first-order valence-electron chi connectivity index (χ1n) is 17.7. The van der Waals surface area contributed by atoms with Crippen LogP contribution in [0.5, 0.6) is 5.75 Å². The third-order valence-corrected chi connectivity index (χ3v) is 10.5. The Morgan fingerprint density at radius 3 is 2.20 bits per heavy atom. The number of ether oxygens (including phenoxy) is 1. The molecule has 260 valence electrons. The Labute approximate surface area is 295 Å². The molecule has 1 aliphatic carbocycles. The number of aromatic nitrogens is 2. The zero-order valence-electron chi connectivity index (χ0n) is 29.3. The van der Waals surface area contributed by atoms with E-state index in [1.54, 1.807) is 0 Å². The molecule has 4 N–H and O–H groups in total. The van der Waals surface area contributed by atoms with Crippen molar-refractivity contribution in [2.24, 2.45) is 11.7 Å². The van der Waals surface area contributed by atoms with Gasteiger partial charge in [0.25, 0.3) is 5.91 Å². The zero-order valence-corrected chi connectivity index (χ0v) is 30.2. The second-order valence-electron chi connectivity index (χ2n) is 14.3. The second kappa shape index (κ2) is 17.0. The average molecular weight is 682 g/mol. The lowest BCUT2D eigenvalue weighted by Crippen LogP contribution is -2.50. The zero-order chi connectivity index (χ0) is 34.8. The molecular weight excluding hydrogens is 631 g/mol. The largest absolute Gasteiger partial charge is 0.494 e. The van der Waals surface area contributed by atoms with Crippen LogP contribution in [0.15, 0.2) is 73.1 Å². The van der Waals surface area contributed by atoms with Crippen LogP contribution in [0.2, 0.25) is 0 Å². The van der Waals surface area contributed by atoms with Crippen molar-refractivity contribution in [3.8, 4) is 28.3 Å². The predicted molar refractivity (Wildman–Crippen MR) is 199 cm³/mol. The van der Waals surface area contributed by atoms with E-state index in [1.165, 1.54) is 37.0 Å². The first-order valence-corrected chi connectivity index (χ1v) is 18.5. The van der Waals surface area contributed by atoms with Crippen LogP contribution in [0.3, 0.4) is 0 Å². The fourth-order valence-corrected chi connectivity index (χ4v) is 6.88. The standard InChI is InChI=1S/C40H51N5O3S/c1-5-6-7-8-9-20-48-33-16-14-29(15-17-33)31-25-42-37(43-26-31)30-12-10-27(11-13-30)23-34(38(46)44-24-28-21-32(41)22-28)45-39(47)35-18-19-36(49-35)40(2,3)4/h10-19,25-26,28,32,34H,5-9,20-24,41H2,1-4H3,(H,44,46)(H,45,47)/t28?,32?,34-/m0/s1. The Morgan fingerprint density at radius 1 is 0.898 bits per heavy atom. The van der Waals surface area contributed by atoms with Crippen LogP contribution in [-0.2, 0) is 16.6 Å². The Morgan fingerprint density at radius 2 is 1.57 bits per heavy atom. The Balaban J connectivity index is 1.19. The second-order valence-corrected chi connectivity index (χ2v) is 15.3. The highest BCUT2D eigenvalue weighted by atomic mass is 32.1. The molecule has 0 bridgehead atoms. The maximum atomic E-state index is 13.4. The summed E-state index contributed by atoms with van der Waals surface area (Å²) in [4.78, 5) is 37.6. The molecule has 0 unspecified atom stereocenters. The highest BCUT2D eigenvalue weighted by molar-refractivity contribution is 7.14. The number of nitrogens with one attached hydrogen (secondary N) is 2. The summed E-state index contributed by atoms with van der Waals surface area (Å²) < 4.78 is 5.91. The summed E-state index contributed by atoms with van der Waals surface area (Å²) in [7, 11) is 0. The van der Waals surface area contributed by atoms with Gasteiger partial charge in [-0.25, -0.2) is 9.97 Å². The summed E-state index contributed by atoms with van der Waals surface area (Å²) in [5.74, 6) is 1.45. The lowest BCUT2D eigenvalue weighted by atomic mass is 9.81. The number of hydrogen-bond acceptors (Lipinski definition) is 7. The van der Waals surface area contributed by atoms with Crippen molar-refractivity contribution in [1.29, 1.82) is 0 Å². The van der Waals surface area contributed by atoms with Crippen molar-refractivity contribution in [1.82, 2.24) is 20.6 Å². The van der Waals surface area contributed by atoms with Crippen molar-refractivity contribution >= 4 is 23.2 Å². The number of carbonyl (C=O) groups excluding carboxylic acids is 2. The lowest BCUT2D eigenvalue weighted by molar-refractivity contribution is -0.123. The van der Waals surface area contributed by atoms with Gasteiger partial charge in [0.1, 0.15) is 11.8 Å². The summed E-state index contributed by atoms with van der Waals surface area (Å²) in [6.07, 6.45) is 11.9. The topological polar surface area (TPSA) is 119 Å². The summed E-state index contributed by atoms with van der Waals surface area (Å²) >= 11 is 1.47. The van der Waals surface area contributed by atoms with Crippen molar-refractivity contribution in [2.75, 3.05) is 13.2 Å². The molecule has 1 fully saturated rings. The minimum absolute atomic E-state index is 0.0525. The number of benzene rings is 2. The third-order valence-electron chi connectivity index (χ3n) is 9.04. The average Bonchev–Trinajstić information content (AvgIpc) is 3.60. The smallest absolute Gasteiger partial charge is 0.262 e. The number of thiophene rings is 1. The van der Waals surface area contributed by atoms with E-state index in [2.05, 4.69) is 48.3 Å². The van der Waals surface area contributed by atoms with Gasteiger partial charge in [-0.1, -0.05) is 89.8 Å². The molecular formula is C40H51N5O3S.